The van der Waals surface area contributed by atoms with Crippen LogP contribution in [0.3, 0.4) is 0 Å². The van der Waals surface area contributed by atoms with Gasteiger partial charge in [0.25, 0.3) is 0 Å². The highest BCUT2D eigenvalue weighted by atomic mass is 32.1. The largest absolute Gasteiger partial charge is 0.486 e. The minimum atomic E-state index is 0.550. The number of thiocarbonyl (C=S) groups is 1. The van der Waals surface area contributed by atoms with Gasteiger partial charge in [-0.05, 0) is 49.3 Å². The van der Waals surface area contributed by atoms with Crippen LogP contribution in [-0.4, -0.2) is 18.3 Å². The van der Waals surface area contributed by atoms with Crippen molar-refractivity contribution in [2.24, 2.45) is 0 Å². The summed E-state index contributed by atoms with van der Waals surface area (Å²) in [6.45, 7) is 5.28. The fourth-order valence-corrected chi connectivity index (χ4v) is 2.63. The Bertz CT molecular complexity index is 696. The van der Waals surface area contributed by atoms with Crippen LogP contribution in [0, 0.1) is 13.8 Å². The summed E-state index contributed by atoms with van der Waals surface area (Å²) in [5.41, 5.74) is 4.23. The van der Waals surface area contributed by atoms with Crippen molar-refractivity contribution >= 4 is 28.7 Å². The monoisotopic (exact) mass is 314 g/mol. The van der Waals surface area contributed by atoms with Gasteiger partial charge in [-0.25, -0.2) is 0 Å². The fraction of sp³-hybridized carbons (Fsp3) is 0.235. The molecule has 114 valence electrons. The standard InChI is InChI=1S/C17H18N2O2S/c1-11-4-3-5-12(2)16(11)19-17(22)18-13-6-7-14-15(10-13)21-9-8-20-14/h3-7,10H,8-9H2,1-2H3,(H2,18,19,22). The lowest BCUT2D eigenvalue weighted by Gasteiger charge is -2.20. The van der Waals surface area contributed by atoms with Crippen LogP contribution < -0.4 is 20.1 Å². The second-order valence-electron chi connectivity index (χ2n) is 5.20. The number of aryl methyl sites for hydroxylation is 2. The topological polar surface area (TPSA) is 42.5 Å². The van der Waals surface area contributed by atoms with Gasteiger partial charge in [-0.15, -0.1) is 0 Å². The van der Waals surface area contributed by atoms with Crippen molar-refractivity contribution in [3.05, 3.63) is 47.5 Å². The van der Waals surface area contributed by atoms with Crippen molar-refractivity contribution in [2.45, 2.75) is 13.8 Å². The number of hydrogen-bond acceptors (Lipinski definition) is 3. The van der Waals surface area contributed by atoms with Gasteiger partial charge in [0.1, 0.15) is 13.2 Å². The maximum Gasteiger partial charge on any atom is 0.175 e. The van der Waals surface area contributed by atoms with Crippen molar-refractivity contribution in [3.63, 3.8) is 0 Å². The smallest absolute Gasteiger partial charge is 0.175 e. The van der Waals surface area contributed by atoms with E-state index in [0.29, 0.717) is 18.3 Å². The van der Waals surface area contributed by atoms with Crippen LogP contribution in [0.1, 0.15) is 11.1 Å². The van der Waals surface area contributed by atoms with Crippen molar-refractivity contribution in [2.75, 3.05) is 23.8 Å². The molecule has 2 aromatic carbocycles. The lowest BCUT2D eigenvalue weighted by Crippen LogP contribution is -2.21. The summed E-state index contributed by atoms with van der Waals surface area (Å²) in [5, 5.41) is 6.99. The van der Waals surface area contributed by atoms with Crippen LogP contribution in [0.25, 0.3) is 0 Å². The molecule has 0 fully saturated rings. The molecule has 0 saturated heterocycles. The molecule has 0 aromatic heterocycles. The second kappa shape index (κ2) is 6.23. The minimum Gasteiger partial charge on any atom is -0.486 e. The highest BCUT2D eigenvalue weighted by Crippen LogP contribution is 2.32. The van der Waals surface area contributed by atoms with Gasteiger partial charge in [0.2, 0.25) is 0 Å². The normalized spacial score (nSPS) is 12.6. The number of rotatable bonds is 2. The SMILES string of the molecule is Cc1cccc(C)c1NC(=S)Nc1ccc2c(c1)OCCO2. The molecule has 4 nitrogen and oxygen atoms in total. The molecule has 2 N–H and O–H groups in total. The van der Waals surface area contributed by atoms with Gasteiger partial charge < -0.3 is 20.1 Å². The van der Waals surface area contributed by atoms with E-state index in [9.17, 15) is 0 Å². The summed E-state index contributed by atoms with van der Waals surface area (Å²) in [6, 6.07) is 11.9. The van der Waals surface area contributed by atoms with Crippen molar-refractivity contribution in [1.29, 1.82) is 0 Å². The maximum atomic E-state index is 5.57. The number of benzene rings is 2. The van der Waals surface area contributed by atoms with E-state index in [0.717, 1.165) is 34.0 Å². The predicted molar refractivity (Wildman–Crippen MR) is 93.2 cm³/mol. The van der Waals surface area contributed by atoms with E-state index in [1.165, 1.54) is 0 Å². The quantitative estimate of drug-likeness (QED) is 0.823. The summed E-state index contributed by atoms with van der Waals surface area (Å²) in [6.07, 6.45) is 0. The summed E-state index contributed by atoms with van der Waals surface area (Å²) >= 11 is 5.40. The van der Waals surface area contributed by atoms with Crippen LogP contribution in [-0.2, 0) is 0 Å². The van der Waals surface area contributed by atoms with E-state index in [2.05, 4.69) is 36.6 Å². The van der Waals surface area contributed by atoms with Gasteiger partial charge in [-0.3, -0.25) is 0 Å². The van der Waals surface area contributed by atoms with E-state index >= 15 is 0 Å². The molecule has 0 radical (unpaired) electrons. The molecular weight excluding hydrogens is 296 g/mol. The van der Waals surface area contributed by atoms with Crippen molar-refractivity contribution in [3.8, 4) is 11.5 Å². The lowest BCUT2D eigenvalue weighted by molar-refractivity contribution is 0.171. The summed E-state index contributed by atoms with van der Waals surface area (Å²) in [7, 11) is 0. The molecule has 0 bridgehead atoms. The van der Waals surface area contributed by atoms with Crippen molar-refractivity contribution in [1.82, 2.24) is 0 Å². The third-order valence-corrected chi connectivity index (χ3v) is 3.72. The molecule has 3 rings (SSSR count). The first-order chi connectivity index (χ1) is 10.6. The molecule has 0 unspecified atom stereocenters. The molecule has 5 heteroatoms. The molecule has 1 heterocycles. The zero-order valence-corrected chi connectivity index (χ0v) is 13.4. The second-order valence-corrected chi connectivity index (χ2v) is 5.61. The summed E-state index contributed by atoms with van der Waals surface area (Å²) in [5.74, 6) is 1.51. The van der Waals surface area contributed by atoms with Crippen LogP contribution >= 0.6 is 12.2 Å². The average Bonchev–Trinajstić information content (AvgIpc) is 2.51. The van der Waals surface area contributed by atoms with Gasteiger partial charge in [0.05, 0.1) is 0 Å². The van der Waals surface area contributed by atoms with E-state index in [1.54, 1.807) is 0 Å². The third-order valence-electron chi connectivity index (χ3n) is 3.52. The molecule has 0 saturated carbocycles. The van der Waals surface area contributed by atoms with Gasteiger partial charge in [-0.2, -0.15) is 0 Å². The zero-order chi connectivity index (χ0) is 15.5. The number of fused-ring (bicyclic) bond motifs is 1. The maximum absolute atomic E-state index is 5.57. The molecule has 0 amide bonds. The molecule has 22 heavy (non-hydrogen) atoms. The Morgan fingerprint density at radius 3 is 2.36 bits per heavy atom. The van der Waals surface area contributed by atoms with Crippen LogP contribution in [0.5, 0.6) is 11.5 Å². The highest BCUT2D eigenvalue weighted by molar-refractivity contribution is 7.80. The van der Waals surface area contributed by atoms with Gasteiger partial charge >= 0.3 is 0 Å². The molecule has 1 aliphatic rings. The fourth-order valence-electron chi connectivity index (χ4n) is 2.41. The van der Waals surface area contributed by atoms with Gasteiger partial charge in [0.15, 0.2) is 16.6 Å². The zero-order valence-electron chi connectivity index (χ0n) is 12.6. The lowest BCUT2D eigenvalue weighted by atomic mass is 10.1. The Morgan fingerprint density at radius 2 is 1.64 bits per heavy atom. The first kappa shape index (κ1) is 14.7. The van der Waals surface area contributed by atoms with E-state index in [1.807, 2.05) is 24.3 Å². The van der Waals surface area contributed by atoms with Crippen molar-refractivity contribution < 1.29 is 9.47 Å². The molecule has 0 atom stereocenters. The van der Waals surface area contributed by atoms with E-state index < -0.39 is 0 Å². The Kier molecular flexibility index (Phi) is 4.15. The average molecular weight is 314 g/mol. The number of ether oxygens (including phenoxy) is 2. The molecule has 2 aromatic rings. The van der Waals surface area contributed by atoms with Crippen LogP contribution in [0.4, 0.5) is 11.4 Å². The van der Waals surface area contributed by atoms with Crippen LogP contribution in [0.2, 0.25) is 0 Å². The summed E-state index contributed by atoms with van der Waals surface area (Å²) in [4.78, 5) is 0. The Hall–Kier alpha value is -2.27. The van der Waals surface area contributed by atoms with Crippen LogP contribution in [0.15, 0.2) is 36.4 Å². The van der Waals surface area contributed by atoms with Gasteiger partial charge in [0, 0.05) is 17.4 Å². The number of hydrogen-bond donors (Lipinski definition) is 2. The Labute approximate surface area is 135 Å². The number of anilines is 2. The van der Waals surface area contributed by atoms with Gasteiger partial charge in [-0.1, -0.05) is 18.2 Å². The highest BCUT2D eigenvalue weighted by Gasteiger charge is 2.12. The molecule has 0 spiro atoms. The Balaban J connectivity index is 1.72. The molecular formula is C17H18N2O2S. The number of nitrogens with one attached hydrogen (secondary N) is 2. The predicted octanol–water partition coefficient (Wildman–Crippen LogP) is 3.88. The molecule has 1 aliphatic heterocycles. The first-order valence-electron chi connectivity index (χ1n) is 7.17. The molecule has 0 aliphatic carbocycles. The third kappa shape index (κ3) is 3.14. The van der Waals surface area contributed by atoms with E-state index in [4.69, 9.17) is 21.7 Å². The number of para-hydroxylation sites is 1. The van der Waals surface area contributed by atoms with E-state index in [-0.39, 0.29) is 0 Å². The minimum absolute atomic E-state index is 0.550. The Morgan fingerprint density at radius 1 is 0.955 bits per heavy atom. The first-order valence-corrected chi connectivity index (χ1v) is 7.58. The summed E-state index contributed by atoms with van der Waals surface area (Å²) < 4.78 is 11.1.